The minimum atomic E-state index is -0.935. The quantitative estimate of drug-likeness (QED) is 0.659. The molecule has 3 nitrogen and oxygen atoms in total. The molecule has 0 atom stereocenters. The number of nitrogens with zero attached hydrogens (tertiary/aromatic N) is 1. The van der Waals surface area contributed by atoms with Gasteiger partial charge in [-0.15, -0.1) is 0 Å². The molecule has 0 saturated carbocycles. The van der Waals surface area contributed by atoms with Crippen LogP contribution in [0.25, 0.3) is 0 Å². The zero-order chi connectivity index (χ0) is 10.1. The fraction of sp³-hybridized carbons (Fsp3) is 0.667. The van der Waals surface area contributed by atoms with E-state index in [1.807, 2.05) is 0 Å². The van der Waals surface area contributed by atoms with E-state index in [0.29, 0.717) is 0 Å². The van der Waals surface area contributed by atoms with Gasteiger partial charge >= 0.3 is 5.97 Å². The molecule has 0 aromatic carbocycles. The maximum Gasteiger partial charge on any atom is 0.330 e. The second kappa shape index (κ2) is 8.27. The van der Waals surface area contributed by atoms with Crippen LogP contribution in [0.2, 0.25) is 0 Å². The van der Waals surface area contributed by atoms with E-state index >= 15 is 0 Å². The Balaban J connectivity index is 0. The molecule has 0 fully saturated rings. The summed E-state index contributed by atoms with van der Waals surface area (Å²) in [6.07, 6.45) is 1.26. The molecule has 0 aliphatic heterocycles. The SMILES string of the molecule is C=C(C)C(=O)O.CCCN(C)C. The van der Waals surface area contributed by atoms with Crippen LogP contribution >= 0.6 is 0 Å². The Kier molecular flexibility index (Phi) is 9.47. The van der Waals surface area contributed by atoms with Crippen molar-refractivity contribution in [2.75, 3.05) is 20.6 Å². The molecule has 0 aliphatic carbocycles. The average molecular weight is 173 g/mol. The first kappa shape index (κ1) is 13.7. The summed E-state index contributed by atoms with van der Waals surface area (Å²) in [6.45, 7) is 7.99. The summed E-state index contributed by atoms with van der Waals surface area (Å²) in [6, 6.07) is 0. The minimum absolute atomic E-state index is 0.176. The minimum Gasteiger partial charge on any atom is -0.478 e. The van der Waals surface area contributed by atoms with E-state index < -0.39 is 5.97 Å². The Morgan fingerprint density at radius 1 is 1.50 bits per heavy atom. The van der Waals surface area contributed by atoms with Gasteiger partial charge in [0.05, 0.1) is 0 Å². The molecule has 0 radical (unpaired) electrons. The summed E-state index contributed by atoms with van der Waals surface area (Å²) in [5.41, 5.74) is 0.176. The second-order valence-corrected chi connectivity index (χ2v) is 2.89. The average Bonchev–Trinajstić information content (AvgIpc) is 1.87. The number of hydrogen-bond donors (Lipinski definition) is 1. The van der Waals surface area contributed by atoms with Crippen LogP contribution in [0, 0.1) is 0 Å². The predicted molar refractivity (Wildman–Crippen MR) is 51.3 cm³/mol. The molecule has 0 heterocycles. The number of carboxylic acid groups (broad SMARTS) is 1. The summed E-state index contributed by atoms with van der Waals surface area (Å²) in [5, 5.41) is 7.89. The maximum absolute atomic E-state index is 9.60. The molecule has 0 aliphatic rings. The van der Waals surface area contributed by atoms with Crippen molar-refractivity contribution in [1.29, 1.82) is 0 Å². The summed E-state index contributed by atoms with van der Waals surface area (Å²) >= 11 is 0. The zero-order valence-electron chi connectivity index (χ0n) is 8.42. The number of carboxylic acids is 1. The topological polar surface area (TPSA) is 40.5 Å². The lowest BCUT2D eigenvalue weighted by molar-refractivity contribution is -0.132. The molecule has 1 N–H and O–H groups in total. The van der Waals surface area contributed by atoms with Gasteiger partial charge in [0.25, 0.3) is 0 Å². The molecule has 0 unspecified atom stereocenters. The van der Waals surface area contributed by atoms with Crippen molar-refractivity contribution in [3.05, 3.63) is 12.2 Å². The van der Waals surface area contributed by atoms with E-state index in [1.165, 1.54) is 19.9 Å². The van der Waals surface area contributed by atoms with Crippen LogP contribution in [0.5, 0.6) is 0 Å². The van der Waals surface area contributed by atoms with Crippen molar-refractivity contribution in [3.8, 4) is 0 Å². The van der Waals surface area contributed by atoms with Crippen molar-refractivity contribution >= 4 is 5.97 Å². The number of rotatable bonds is 3. The van der Waals surface area contributed by atoms with Gasteiger partial charge < -0.3 is 10.0 Å². The first-order valence-corrected chi connectivity index (χ1v) is 3.95. The third kappa shape index (κ3) is 16.1. The lowest BCUT2D eigenvalue weighted by Gasteiger charge is -2.03. The van der Waals surface area contributed by atoms with Crippen LogP contribution in [0.15, 0.2) is 12.2 Å². The van der Waals surface area contributed by atoms with Crippen molar-refractivity contribution in [1.82, 2.24) is 4.90 Å². The van der Waals surface area contributed by atoms with Gasteiger partial charge in [-0.1, -0.05) is 13.5 Å². The van der Waals surface area contributed by atoms with E-state index in [1.54, 1.807) is 0 Å². The molecule has 0 saturated heterocycles. The summed E-state index contributed by atoms with van der Waals surface area (Å²) in [4.78, 5) is 11.8. The normalized spacial score (nSPS) is 8.75. The standard InChI is InChI=1S/C5H13N.C4H6O2/c1-4-5-6(2)3;1-3(2)4(5)6/h4-5H2,1-3H3;1H2,2H3,(H,5,6). The molecule has 3 heteroatoms. The van der Waals surface area contributed by atoms with E-state index in [2.05, 4.69) is 32.5 Å². The van der Waals surface area contributed by atoms with Crippen LogP contribution in [0.4, 0.5) is 0 Å². The largest absolute Gasteiger partial charge is 0.478 e. The highest BCUT2D eigenvalue weighted by Gasteiger charge is 1.90. The molecule has 0 rings (SSSR count). The third-order valence-electron chi connectivity index (χ3n) is 1.04. The van der Waals surface area contributed by atoms with Crippen LogP contribution in [-0.4, -0.2) is 36.6 Å². The first-order valence-electron chi connectivity index (χ1n) is 3.95. The summed E-state index contributed by atoms with van der Waals surface area (Å²) in [7, 11) is 4.17. The zero-order valence-corrected chi connectivity index (χ0v) is 8.42. The highest BCUT2D eigenvalue weighted by molar-refractivity contribution is 5.84. The van der Waals surface area contributed by atoms with E-state index in [4.69, 9.17) is 5.11 Å². The molecular weight excluding hydrogens is 154 g/mol. The number of aliphatic carboxylic acids is 1. The Labute approximate surface area is 74.7 Å². The van der Waals surface area contributed by atoms with Gasteiger partial charge in [-0.3, -0.25) is 0 Å². The predicted octanol–water partition coefficient (Wildman–Crippen LogP) is 1.61. The molecular formula is C9H19NO2. The molecule has 12 heavy (non-hydrogen) atoms. The van der Waals surface area contributed by atoms with E-state index in [-0.39, 0.29) is 5.57 Å². The third-order valence-corrected chi connectivity index (χ3v) is 1.04. The van der Waals surface area contributed by atoms with Gasteiger partial charge in [0.15, 0.2) is 0 Å². The number of hydrogen-bond acceptors (Lipinski definition) is 2. The Morgan fingerprint density at radius 3 is 1.83 bits per heavy atom. The molecule has 0 spiro atoms. The monoisotopic (exact) mass is 173 g/mol. The van der Waals surface area contributed by atoms with Crippen LogP contribution < -0.4 is 0 Å². The lowest BCUT2D eigenvalue weighted by Crippen LogP contribution is -2.11. The molecule has 0 aromatic rings. The van der Waals surface area contributed by atoms with Gasteiger partial charge in [-0.2, -0.15) is 0 Å². The fourth-order valence-corrected chi connectivity index (χ4v) is 0.447. The smallest absolute Gasteiger partial charge is 0.330 e. The lowest BCUT2D eigenvalue weighted by atomic mass is 10.4. The van der Waals surface area contributed by atoms with Crippen LogP contribution in [-0.2, 0) is 4.79 Å². The summed E-state index contributed by atoms with van der Waals surface area (Å²) < 4.78 is 0. The van der Waals surface area contributed by atoms with Crippen molar-refractivity contribution in [2.45, 2.75) is 20.3 Å². The van der Waals surface area contributed by atoms with Gasteiger partial charge in [-0.25, -0.2) is 4.79 Å². The van der Waals surface area contributed by atoms with Crippen molar-refractivity contribution in [2.24, 2.45) is 0 Å². The van der Waals surface area contributed by atoms with E-state index in [0.717, 1.165) is 0 Å². The van der Waals surface area contributed by atoms with Crippen LogP contribution in [0.3, 0.4) is 0 Å². The van der Waals surface area contributed by atoms with Crippen LogP contribution in [0.1, 0.15) is 20.3 Å². The Morgan fingerprint density at radius 2 is 1.83 bits per heavy atom. The Hall–Kier alpha value is -0.830. The fourth-order valence-electron chi connectivity index (χ4n) is 0.447. The van der Waals surface area contributed by atoms with Gasteiger partial charge in [0.1, 0.15) is 0 Å². The highest BCUT2D eigenvalue weighted by Crippen LogP contribution is 1.81. The van der Waals surface area contributed by atoms with Gasteiger partial charge in [0.2, 0.25) is 0 Å². The Bertz CT molecular complexity index is 129. The molecule has 0 bridgehead atoms. The van der Waals surface area contributed by atoms with Gasteiger partial charge in [0, 0.05) is 5.57 Å². The molecule has 0 aromatic heterocycles. The second-order valence-electron chi connectivity index (χ2n) is 2.89. The first-order chi connectivity index (χ1) is 5.41. The molecule has 0 amide bonds. The number of carbonyl (C=O) groups is 1. The van der Waals surface area contributed by atoms with Crippen molar-refractivity contribution in [3.63, 3.8) is 0 Å². The summed E-state index contributed by atoms with van der Waals surface area (Å²) in [5.74, 6) is -0.935. The maximum atomic E-state index is 9.60. The molecule has 72 valence electrons. The van der Waals surface area contributed by atoms with Crippen molar-refractivity contribution < 1.29 is 9.90 Å². The highest BCUT2D eigenvalue weighted by atomic mass is 16.4. The van der Waals surface area contributed by atoms with Gasteiger partial charge in [-0.05, 0) is 34.0 Å². The van der Waals surface area contributed by atoms with E-state index in [9.17, 15) is 4.79 Å².